The molecule has 3 unspecified atom stereocenters. The van der Waals surface area contributed by atoms with Gasteiger partial charge in [0.1, 0.15) is 5.58 Å². The Labute approximate surface area is 399 Å². The van der Waals surface area contributed by atoms with Crippen LogP contribution in [0, 0.1) is 28.6 Å². The summed E-state index contributed by atoms with van der Waals surface area (Å²) in [6.45, 7) is 45.1. The van der Waals surface area contributed by atoms with Crippen molar-refractivity contribution in [1.29, 1.82) is 0 Å². The van der Waals surface area contributed by atoms with Crippen LogP contribution < -0.4 is 11.0 Å². The topological polar surface area (TPSA) is 28.4 Å². The first-order valence-electron chi connectivity index (χ1n) is 24.8. The van der Waals surface area contributed by atoms with Crippen molar-refractivity contribution < 1.29 is 4.42 Å². The number of hydrogen-bond donors (Lipinski definition) is 1. The molecule has 5 heteroatoms. The van der Waals surface area contributed by atoms with E-state index < -0.39 is 8.07 Å². The molecule has 3 aliphatic carbocycles. The molecule has 1 aromatic heterocycles. The maximum absolute atomic E-state index is 6.74. The number of nitrogens with one attached hydrogen (secondary N) is 1. The highest BCUT2D eigenvalue weighted by molar-refractivity contribution is 6.83. The van der Waals surface area contributed by atoms with Crippen molar-refractivity contribution in [3.05, 3.63) is 161 Å². The third-order valence-electron chi connectivity index (χ3n) is 15.3. The molecule has 1 aromatic carbocycles. The Morgan fingerprint density at radius 1 is 0.831 bits per heavy atom. The van der Waals surface area contributed by atoms with Gasteiger partial charge in [-0.2, -0.15) is 0 Å². The van der Waals surface area contributed by atoms with Gasteiger partial charge in [0.2, 0.25) is 7.28 Å². The molecule has 3 nitrogen and oxygen atoms in total. The zero-order chi connectivity index (χ0) is 48.0. The fraction of sp³-hybridized carbons (Fsp3) is 0.500. The van der Waals surface area contributed by atoms with Gasteiger partial charge in [-0.25, -0.2) is 0 Å². The zero-order valence-corrected chi connectivity index (χ0v) is 44.6. The van der Waals surface area contributed by atoms with Crippen molar-refractivity contribution in [2.75, 3.05) is 6.54 Å². The lowest BCUT2D eigenvalue weighted by Gasteiger charge is -2.44. The number of nitrogens with zero attached hydrogens (tertiary/aromatic N) is 1. The van der Waals surface area contributed by atoms with Gasteiger partial charge in [-0.05, 0) is 157 Å². The predicted octanol–water partition coefficient (Wildman–Crippen LogP) is 16.2. The van der Waals surface area contributed by atoms with Gasteiger partial charge in [0.15, 0.2) is 0 Å². The summed E-state index contributed by atoms with van der Waals surface area (Å²) < 4.78 is 6.74. The quantitative estimate of drug-likeness (QED) is 0.103. The zero-order valence-electron chi connectivity index (χ0n) is 43.6. The van der Waals surface area contributed by atoms with Gasteiger partial charge in [-0.15, -0.1) is 0 Å². The van der Waals surface area contributed by atoms with E-state index in [1.807, 2.05) is 12.3 Å². The Hall–Kier alpha value is -4.22. The fourth-order valence-electron chi connectivity index (χ4n) is 10.4. The van der Waals surface area contributed by atoms with E-state index in [9.17, 15) is 0 Å². The number of furan rings is 1. The molecule has 1 radical (unpaired) electrons. The first-order chi connectivity index (χ1) is 30.4. The van der Waals surface area contributed by atoms with Crippen molar-refractivity contribution in [3.8, 4) is 0 Å². The maximum Gasteiger partial charge on any atom is 0.233 e. The highest BCUT2D eigenvalue weighted by Crippen LogP contribution is 2.52. The SMILES string of the molecule is C=C/C=C(\C=C\N(C/C=C1\C(=C/C)C(C)(C)CCC1(C)C)/C(=C\[B]c1cc2cc3c(cc2o1)C(C)(C)CCC3(C)C)CC1C(=C)C(C)CCC1C)N/C=C/C=C(\C=C\C=C\C)[Si](C)(C)C. The molecule has 349 valence electrons. The van der Waals surface area contributed by atoms with Gasteiger partial charge >= 0.3 is 0 Å². The molecule has 1 N–H and O–H groups in total. The smallest absolute Gasteiger partial charge is 0.233 e. The predicted molar refractivity (Wildman–Crippen MR) is 290 cm³/mol. The molecule has 2 saturated carbocycles. The monoisotopic (exact) mass is 890 g/mol. The minimum atomic E-state index is -1.54. The van der Waals surface area contributed by atoms with Gasteiger partial charge in [0.25, 0.3) is 0 Å². The van der Waals surface area contributed by atoms with Crippen LogP contribution in [-0.4, -0.2) is 26.8 Å². The number of hydrogen-bond acceptors (Lipinski definition) is 3. The van der Waals surface area contributed by atoms with Crippen molar-refractivity contribution in [1.82, 2.24) is 10.2 Å². The van der Waals surface area contributed by atoms with Crippen LogP contribution in [0.2, 0.25) is 19.6 Å². The average molecular weight is 890 g/mol. The first-order valence-corrected chi connectivity index (χ1v) is 28.3. The molecule has 65 heavy (non-hydrogen) atoms. The third-order valence-corrected chi connectivity index (χ3v) is 17.4. The van der Waals surface area contributed by atoms with E-state index in [0.717, 1.165) is 36.3 Å². The van der Waals surface area contributed by atoms with Crippen LogP contribution in [0.4, 0.5) is 0 Å². The first kappa shape index (κ1) is 51.8. The van der Waals surface area contributed by atoms with Crippen LogP contribution in [-0.2, 0) is 10.8 Å². The molecule has 5 rings (SSSR count). The standard InChI is InChI=1S/C60H86BN2OSi/c1-18-21-22-25-49(65(15,16)17)26-23-35-62-47(24-19-2)29-36-63(37-30-52-51(20-3)57(7,8)31-32-58(52,9)10)48(40-50-44(5)28-27-43(4)45(50)6)42-61-56-39-46-38-53-54(41-55(46)64-56)60(13,14)34-33-59(53,11)12/h18-26,29-30,35-36,38-39,41-44,50,62H,2,6,27-28,31-34,37,40H2,1,3-5,7-17H3/b21-18+,25-22+,35-23+,36-29+,47-24+,48-42-,49-26+,51-20+,52-30+. The lowest BCUT2D eigenvalue weighted by atomic mass is 9.60. The molecule has 0 aliphatic heterocycles. The molecule has 3 aliphatic rings. The van der Waals surface area contributed by atoms with Crippen LogP contribution in [0.25, 0.3) is 11.0 Å². The Kier molecular flexibility index (Phi) is 16.9. The lowest BCUT2D eigenvalue weighted by Crippen LogP contribution is -2.33. The van der Waals surface area contributed by atoms with E-state index in [4.69, 9.17) is 11.0 Å². The summed E-state index contributed by atoms with van der Waals surface area (Å²) in [5.74, 6) is 3.78. The van der Waals surface area contributed by atoms with E-state index in [2.05, 4.69) is 218 Å². The van der Waals surface area contributed by atoms with Crippen LogP contribution in [0.15, 0.2) is 154 Å². The largest absolute Gasteiger partial charge is 0.472 e. The van der Waals surface area contributed by atoms with E-state index in [1.165, 1.54) is 76.2 Å². The van der Waals surface area contributed by atoms with Crippen molar-refractivity contribution in [2.45, 2.75) is 159 Å². The highest BCUT2D eigenvalue weighted by Gasteiger charge is 2.40. The van der Waals surface area contributed by atoms with Crippen LogP contribution in [0.5, 0.6) is 0 Å². The molecule has 0 bridgehead atoms. The number of rotatable bonds is 16. The van der Waals surface area contributed by atoms with Gasteiger partial charge in [0, 0.05) is 35.7 Å². The number of fused-ring (bicyclic) bond motifs is 2. The van der Waals surface area contributed by atoms with Gasteiger partial charge in [-0.1, -0.05) is 167 Å². The molecule has 2 aromatic rings. The third kappa shape index (κ3) is 12.8. The second-order valence-electron chi connectivity index (χ2n) is 23.2. The summed E-state index contributed by atoms with van der Waals surface area (Å²) in [5.41, 5.74) is 11.8. The van der Waals surface area contributed by atoms with Crippen LogP contribution >= 0.6 is 0 Å². The molecule has 2 fully saturated rings. The van der Waals surface area contributed by atoms with Crippen LogP contribution in [0.3, 0.4) is 0 Å². The number of allylic oxidation sites excluding steroid dienone is 15. The molecule has 0 amide bonds. The van der Waals surface area contributed by atoms with Crippen LogP contribution in [0.1, 0.15) is 139 Å². The van der Waals surface area contributed by atoms with E-state index in [1.54, 1.807) is 0 Å². The van der Waals surface area contributed by atoms with Gasteiger partial charge in [0.05, 0.1) is 13.7 Å². The Bertz CT molecular complexity index is 2270. The molecular weight excluding hydrogens is 804 g/mol. The van der Waals surface area contributed by atoms with Crippen molar-refractivity contribution in [2.24, 2.45) is 28.6 Å². The summed E-state index contributed by atoms with van der Waals surface area (Å²) in [5, 5.41) is 6.16. The Balaban J connectivity index is 1.61. The molecule has 0 saturated heterocycles. The second-order valence-corrected chi connectivity index (χ2v) is 28.3. The van der Waals surface area contributed by atoms with Crippen molar-refractivity contribution in [3.63, 3.8) is 0 Å². The van der Waals surface area contributed by atoms with Gasteiger partial charge in [-0.3, -0.25) is 0 Å². The Morgan fingerprint density at radius 2 is 1.48 bits per heavy atom. The highest BCUT2D eigenvalue weighted by atomic mass is 28.3. The molecular formula is C60H86BN2OSi. The fourth-order valence-corrected chi connectivity index (χ4v) is 11.6. The van der Waals surface area contributed by atoms with Gasteiger partial charge < -0.3 is 14.6 Å². The van der Waals surface area contributed by atoms with E-state index in [0.29, 0.717) is 17.8 Å². The minimum Gasteiger partial charge on any atom is -0.472 e. The summed E-state index contributed by atoms with van der Waals surface area (Å²) in [6, 6.07) is 7.00. The Morgan fingerprint density at radius 3 is 2.11 bits per heavy atom. The summed E-state index contributed by atoms with van der Waals surface area (Å²) in [4.78, 5) is 2.48. The van der Waals surface area contributed by atoms with E-state index >= 15 is 0 Å². The molecule has 1 heterocycles. The lowest BCUT2D eigenvalue weighted by molar-refractivity contribution is 0.257. The van der Waals surface area contributed by atoms with Crippen molar-refractivity contribution >= 4 is 32.0 Å². The minimum absolute atomic E-state index is 0.0749. The number of benzene rings is 1. The normalized spacial score (nSPS) is 25.1. The van der Waals surface area contributed by atoms with E-state index in [-0.39, 0.29) is 21.7 Å². The summed E-state index contributed by atoms with van der Waals surface area (Å²) >= 11 is 0. The maximum atomic E-state index is 6.74. The second kappa shape index (κ2) is 21.2. The summed E-state index contributed by atoms with van der Waals surface area (Å²) in [6.07, 6.45) is 36.3. The molecule has 3 atom stereocenters. The average Bonchev–Trinajstić information content (AvgIpc) is 3.64. The molecule has 0 spiro atoms. The summed E-state index contributed by atoms with van der Waals surface area (Å²) in [7, 11) is 0.682.